The van der Waals surface area contributed by atoms with E-state index in [0.717, 1.165) is 0 Å². The van der Waals surface area contributed by atoms with Crippen LogP contribution < -0.4 is 10.9 Å². The van der Waals surface area contributed by atoms with Crippen molar-refractivity contribution in [3.8, 4) is 0 Å². The third-order valence-electron chi connectivity index (χ3n) is 7.07. The van der Waals surface area contributed by atoms with Crippen LogP contribution in [0.5, 0.6) is 0 Å². The van der Waals surface area contributed by atoms with Crippen LogP contribution in [0.15, 0.2) is 82.4 Å². The second-order valence-corrected chi connectivity index (χ2v) is 8.83. The van der Waals surface area contributed by atoms with Crippen LogP contribution in [0.25, 0.3) is 43.6 Å². The number of ketones is 2. The molecule has 38 heavy (non-hydrogen) atoms. The number of nitrogens with one attached hydrogen (secondary N) is 2. The molecular formula is C32H28N2O4. The van der Waals surface area contributed by atoms with Crippen LogP contribution in [0.4, 0.5) is 0 Å². The van der Waals surface area contributed by atoms with E-state index in [9.17, 15) is 19.2 Å². The van der Waals surface area contributed by atoms with Gasteiger partial charge in [0, 0.05) is 21.7 Å². The topological polar surface area (TPSA) is 99.9 Å². The lowest BCUT2D eigenvalue weighted by Gasteiger charge is -2.29. The van der Waals surface area contributed by atoms with Crippen LogP contribution in [-0.2, 0) is 0 Å². The van der Waals surface area contributed by atoms with Crippen molar-refractivity contribution in [2.75, 3.05) is 0 Å². The molecule has 0 fully saturated rings. The molecule has 0 saturated heterocycles. The predicted molar refractivity (Wildman–Crippen MR) is 154 cm³/mol. The summed E-state index contributed by atoms with van der Waals surface area (Å²) in [5.41, 5.74) is 2.47. The molecule has 0 aliphatic heterocycles. The number of aromatic nitrogens is 2. The summed E-state index contributed by atoms with van der Waals surface area (Å²) in [5, 5.41) is 1.41. The monoisotopic (exact) mass is 504 g/mol. The molecule has 2 atom stereocenters. The highest BCUT2D eigenvalue weighted by Crippen LogP contribution is 2.37. The number of aromatic amines is 2. The molecule has 6 nitrogen and oxygen atoms in total. The number of carbonyl (C=O) groups is 2. The highest BCUT2D eigenvalue weighted by atomic mass is 16.1. The number of benzene rings is 4. The number of fused-ring (bicyclic) bond motifs is 8. The van der Waals surface area contributed by atoms with Gasteiger partial charge in [-0.1, -0.05) is 76.3 Å². The van der Waals surface area contributed by atoms with Crippen molar-refractivity contribution in [3.63, 3.8) is 0 Å². The third-order valence-corrected chi connectivity index (χ3v) is 7.07. The van der Waals surface area contributed by atoms with Crippen molar-refractivity contribution >= 4 is 55.2 Å². The van der Waals surface area contributed by atoms with Gasteiger partial charge >= 0.3 is 0 Å². The molecule has 1 aromatic heterocycles. The summed E-state index contributed by atoms with van der Waals surface area (Å²) in [5.74, 6) is -1.21. The lowest BCUT2D eigenvalue weighted by molar-refractivity contribution is 0.0803. The zero-order chi connectivity index (χ0) is 27.1. The summed E-state index contributed by atoms with van der Waals surface area (Å²) >= 11 is 0. The predicted octanol–water partition coefficient (Wildman–Crippen LogP) is 6.47. The summed E-state index contributed by atoms with van der Waals surface area (Å²) in [6, 6.07) is 13.6. The molecule has 0 amide bonds. The molecule has 190 valence electrons. The molecule has 7 rings (SSSR count). The smallest absolute Gasteiger partial charge is 0.196 e. The fourth-order valence-corrected chi connectivity index (χ4v) is 5.44. The van der Waals surface area contributed by atoms with Gasteiger partial charge in [-0.2, -0.15) is 0 Å². The Balaban J connectivity index is 0.000000704. The van der Waals surface area contributed by atoms with Crippen LogP contribution in [0.1, 0.15) is 48.4 Å². The summed E-state index contributed by atoms with van der Waals surface area (Å²) in [4.78, 5) is 59.6. The number of H-pyrrole nitrogens is 2. The summed E-state index contributed by atoms with van der Waals surface area (Å²) in [7, 11) is 0. The van der Waals surface area contributed by atoms with E-state index in [2.05, 4.69) is 9.97 Å². The Hall–Kier alpha value is -4.58. The molecule has 0 bridgehead atoms. The summed E-state index contributed by atoms with van der Waals surface area (Å²) in [6.45, 7) is 8.00. The molecule has 6 heteroatoms. The molecule has 2 aliphatic rings. The van der Waals surface area contributed by atoms with Crippen LogP contribution in [-0.4, -0.2) is 21.5 Å². The van der Waals surface area contributed by atoms with Gasteiger partial charge in [0.25, 0.3) is 0 Å². The maximum Gasteiger partial charge on any atom is 0.196 e. The van der Waals surface area contributed by atoms with Crippen LogP contribution in [0, 0.1) is 11.8 Å². The lowest BCUT2D eigenvalue weighted by Crippen LogP contribution is -2.35. The fourth-order valence-electron chi connectivity index (χ4n) is 5.44. The number of allylic oxidation sites excluding steroid dienone is 4. The number of carbonyl (C=O) groups excluding carboxylic acids is 2. The van der Waals surface area contributed by atoms with Gasteiger partial charge in [0.2, 0.25) is 0 Å². The average Bonchev–Trinajstić information content (AvgIpc) is 2.98. The molecular weight excluding hydrogens is 476 g/mol. The molecule has 1 heterocycles. The first-order valence-corrected chi connectivity index (χ1v) is 13.0. The quantitative estimate of drug-likeness (QED) is 0.187. The van der Waals surface area contributed by atoms with Crippen molar-refractivity contribution in [1.29, 1.82) is 0 Å². The number of hydrogen-bond acceptors (Lipinski definition) is 4. The molecule has 2 aliphatic carbocycles. The van der Waals surface area contributed by atoms with Gasteiger partial charge in [0.05, 0.1) is 44.9 Å². The van der Waals surface area contributed by atoms with Gasteiger partial charge in [-0.05, 0) is 24.3 Å². The second kappa shape index (κ2) is 9.71. The van der Waals surface area contributed by atoms with Crippen molar-refractivity contribution in [2.24, 2.45) is 11.8 Å². The van der Waals surface area contributed by atoms with Crippen molar-refractivity contribution < 1.29 is 9.59 Å². The van der Waals surface area contributed by atoms with Gasteiger partial charge in [-0.3, -0.25) is 19.2 Å². The molecule has 2 N–H and O–H groups in total. The third kappa shape index (κ3) is 3.48. The first-order chi connectivity index (χ1) is 18.5. The molecule has 0 spiro atoms. The van der Waals surface area contributed by atoms with Gasteiger partial charge in [-0.15, -0.1) is 0 Å². The van der Waals surface area contributed by atoms with E-state index in [1.165, 1.54) is 0 Å². The van der Waals surface area contributed by atoms with E-state index in [4.69, 9.17) is 0 Å². The van der Waals surface area contributed by atoms with Crippen LogP contribution in [0.2, 0.25) is 0 Å². The second-order valence-electron chi connectivity index (χ2n) is 8.83. The highest BCUT2D eigenvalue weighted by molar-refractivity contribution is 6.23. The van der Waals surface area contributed by atoms with Gasteiger partial charge < -0.3 is 9.97 Å². The van der Waals surface area contributed by atoms with Gasteiger partial charge in [0.1, 0.15) is 0 Å². The largest absolute Gasteiger partial charge is 0.351 e. The van der Waals surface area contributed by atoms with E-state index in [-0.39, 0.29) is 22.4 Å². The Kier molecular flexibility index (Phi) is 6.41. The Morgan fingerprint density at radius 1 is 0.579 bits per heavy atom. The van der Waals surface area contributed by atoms with Gasteiger partial charge in [0.15, 0.2) is 22.4 Å². The normalized spacial score (nSPS) is 17.6. The molecule has 4 aromatic carbocycles. The zero-order valence-corrected chi connectivity index (χ0v) is 21.7. The maximum atomic E-state index is 13.4. The highest BCUT2D eigenvalue weighted by Gasteiger charge is 2.40. The van der Waals surface area contributed by atoms with E-state index in [1.54, 1.807) is 72.8 Å². The summed E-state index contributed by atoms with van der Waals surface area (Å²) < 4.78 is 0. The Morgan fingerprint density at radius 3 is 1.82 bits per heavy atom. The van der Waals surface area contributed by atoms with Crippen molar-refractivity contribution in [2.45, 2.75) is 27.7 Å². The first kappa shape index (κ1) is 25.1. The number of Topliss-reactive ketones (excluding diaryl/α,β-unsaturated/α-hetero) is 2. The molecule has 2 unspecified atom stereocenters. The minimum atomic E-state index is -0.529. The molecule has 0 radical (unpaired) electrons. The van der Waals surface area contributed by atoms with E-state index < -0.39 is 11.8 Å². The number of rotatable bonds is 0. The SMILES string of the molecule is CC.CC.O=C1c2ccc3[nH]c4c(ccc5c(=O)c6ccccc6c(=O)c54)[nH]c3c2C(=O)C2C=CC=CC12. The Labute approximate surface area is 218 Å². The van der Waals surface area contributed by atoms with Crippen LogP contribution in [0.3, 0.4) is 0 Å². The van der Waals surface area contributed by atoms with E-state index in [1.807, 2.05) is 27.7 Å². The Morgan fingerprint density at radius 2 is 1.13 bits per heavy atom. The summed E-state index contributed by atoms with van der Waals surface area (Å²) in [6.07, 6.45) is 7.14. The molecule has 0 saturated carbocycles. The minimum Gasteiger partial charge on any atom is -0.351 e. The van der Waals surface area contributed by atoms with Crippen molar-refractivity contribution in [1.82, 2.24) is 9.97 Å². The number of hydrogen-bond donors (Lipinski definition) is 2. The lowest BCUT2D eigenvalue weighted by atomic mass is 9.72. The van der Waals surface area contributed by atoms with Crippen molar-refractivity contribution in [3.05, 3.63) is 104 Å². The standard InChI is InChI=1S/C28H16N2O4.2C2H6/c31-25-13-5-1-3-7-15(13)27(33)21-17(25)9-11-19-23(21)29-20-12-10-18-22(24(20)30-19)28(34)16-8-4-2-6-14(16)26(18)32;2*1-2/h1-13,15,29-30H;2*1-2H3. The van der Waals surface area contributed by atoms with Crippen LogP contribution >= 0.6 is 0 Å². The Bertz CT molecular complexity index is 1960. The fraction of sp³-hybridized carbons (Fsp3) is 0.188. The van der Waals surface area contributed by atoms with Gasteiger partial charge in [-0.25, -0.2) is 0 Å². The minimum absolute atomic E-state index is 0.0848. The maximum absolute atomic E-state index is 13.4. The zero-order valence-electron chi connectivity index (χ0n) is 21.7. The average molecular weight is 505 g/mol. The van der Waals surface area contributed by atoms with E-state index >= 15 is 0 Å². The van der Waals surface area contributed by atoms with E-state index in [0.29, 0.717) is 54.7 Å². The molecule has 5 aromatic rings. The first-order valence-electron chi connectivity index (χ1n) is 13.0.